The van der Waals surface area contributed by atoms with Gasteiger partial charge in [0.25, 0.3) is 0 Å². The normalized spacial score (nSPS) is 6.44. The first-order chi connectivity index (χ1) is 4.00. The van der Waals surface area contributed by atoms with Crippen molar-refractivity contribution in [3.05, 3.63) is 0 Å². The molecule has 0 aliphatic rings. The summed E-state index contributed by atoms with van der Waals surface area (Å²) < 4.78 is 68.2. The molecule has 0 aromatic heterocycles. The molecule has 0 rings (SSSR count). The van der Waals surface area contributed by atoms with E-state index in [0.717, 1.165) is 0 Å². The van der Waals surface area contributed by atoms with Gasteiger partial charge in [0.2, 0.25) is 0 Å². The summed E-state index contributed by atoms with van der Waals surface area (Å²) in [5.74, 6) is 0. The molecule has 1 radical (unpaired) electrons. The summed E-state index contributed by atoms with van der Waals surface area (Å²) >= 11 is 0. The van der Waals surface area contributed by atoms with Gasteiger partial charge in [-0.1, -0.05) is 0 Å². The maximum atomic E-state index is 8.52. The van der Waals surface area contributed by atoms with Crippen LogP contribution in [-0.4, -0.2) is 73.4 Å². The van der Waals surface area contributed by atoms with Crippen molar-refractivity contribution in [2.75, 3.05) is 0 Å². The van der Waals surface area contributed by atoms with Crippen LogP contribution in [0.15, 0.2) is 0 Å². The van der Waals surface area contributed by atoms with Crippen LogP contribution < -0.4 is 0 Å². The van der Waals surface area contributed by atoms with Crippen molar-refractivity contribution >= 4 is 20.8 Å². The Morgan fingerprint density at radius 3 is 0.444 bits per heavy atom. The molecule has 0 aromatic carbocycles. The van der Waals surface area contributed by atoms with E-state index in [1.54, 1.807) is 0 Å². The van der Waals surface area contributed by atoms with Gasteiger partial charge in [0, 0.05) is 20.8 Å². The first-order valence-electron chi connectivity index (χ1n) is 1.33. The monoisotopic (exact) mass is 373 g/mol. The SMILES string of the molecule is O.O.O.O.O.O.O.O=S(=O)([O-])[O-].O=S(=O)([O-])[O-].[Mn+4]. The molecule has 0 saturated carbocycles. The van der Waals surface area contributed by atoms with Crippen molar-refractivity contribution in [2.45, 2.75) is 0 Å². The van der Waals surface area contributed by atoms with Crippen molar-refractivity contribution in [1.82, 2.24) is 0 Å². The van der Waals surface area contributed by atoms with Gasteiger partial charge in [-0.25, -0.2) is 0 Å². The average Bonchev–Trinajstić information content (AvgIpc) is 1.12. The molecule has 0 aliphatic carbocycles. The van der Waals surface area contributed by atoms with Gasteiger partial charge in [-0.2, -0.15) is 0 Å². The number of rotatable bonds is 0. The Balaban J connectivity index is -0.00000000615. The van der Waals surface area contributed by atoms with E-state index in [-0.39, 0.29) is 55.4 Å². The van der Waals surface area contributed by atoms with Crippen LogP contribution in [0.3, 0.4) is 0 Å². The predicted octanol–water partition coefficient (Wildman–Crippen LogP) is -8.45. The third-order valence-electron chi connectivity index (χ3n) is 0. The molecule has 0 atom stereocenters. The van der Waals surface area contributed by atoms with E-state index in [1.807, 2.05) is 0 Å². The zero-order chi connectivity index (χ0) is 9.00. The molecule has 0 aliphatic heterocycles. The molecule has 0 bridgehead atoms. The topological polar surface area (TPSA) is 381 Å². The summed E-state index contributed by atoms with van der Waals surface area (Å²) in [5, 5.41) is 0. The van der Waals surface area contributed by atoms with Gasteiger partial charge >= 0.3 is 17.1 Å². The van der Waals surface area contributed by atoms with Crippen molar-refractivity contribution in [1.29, 1.82) is 0 Å². The zero-order valence-electron chi connectivity index (χ0n) is 7.96. The van der Waals surface area contributed by atoms with Gasteiger partial charge < -0.3 is 56.5 Å². The smallest absolute Gasteiger partial charge is 0.759 e. The molecule has 18 heavy (non-hydrogen) atoms. The van der Waals surface area contributed by atoms with Gasteiger partial charge in [-0.15, -0.1) is 0 Å². The van der Waals surface area contributed by atoms with E-state index in [9.17, 15) is 0 Å². The molecule has 123 valence electrons. The second-order valence-corrected chi connectivity index (χ2v) is 2.45. The molecule has 0 saturated heterocycles. The van der Waals surface area contributed by atoms with Crippen LogP contribution in [0.1, 0.15) is 0 Å². The molecule has 0 heterocycles. The first kappa shape index (κ1) is 81.4. The number of hydrogen-bond acceptors (Lipinski definition) is 8. The van der Waals surface area contributed by atoms with Crippen LogP contribution in [0.2, 0.25) is 0 Å². The fraction of sp³-hybridized carbons (Fsp3) is 0. The molecule has 14 N–H and O–H groups in total. The van der Waals surface area contributed by atoms with Gasteiger partial charge in [0.05, 0.1) is 0 Å². The van der Waals surface area contributed by atoms with Crippen molar-refractivity contribution in [3.63, 3.8) is 0 Å². The Morgan fingerprint density at radius 2 is 0.444 bits per heavy atom. The van der Waals surface area contributed by atoms with E-state index in [4.69, 9.17) is 35.0 Å². The summed E-state index contributed by atoms with van der Waals surface area (Å²) in [5.41, 5.74) is 0. The van der Waals surface area contributed by atoms with Crippen molar-refractivity contribution in [3.8, 4) is 0 Å². The molecular formula is H14MnO15S2. The fourth-order valence-electron chi connectivity index (χ4n) is 0. The predicted molar refractivity (Wildman–Crippen MR) is 46.2 cm³/mol. The Labute approximate surface area is 112 Å². The van der Waals surface area contributed by atoms with Gasteiger partial charge in [-0.05, 0) is 0 Å². The third kappa shape index (κ3) is 8520000. The second kappa shape index (κ2) is 30.2. The van der Waals surface area contributed by atoms with Gasteiger partial charge in [0.1, 0.15) is 0 Å². The fourth-order valence-corrected chi connectivity index (χ4v) is 0. The standard InChI is InChI=1S/Mn.2H2O4S.7H2O/c;2*1-5(2,3)4;;;;;;;/h;2*(H2,1,2,3,4);7*1H2/q+4;;;;;;;;;/p-4. The van der Waals surface area contributed by atoms with Crippen molar-refractivity contribution in [2.24, 2.45) is 0 Å². The Kier molecular flexibility index (Phi) is 137. The maximum Gasteiger partial charge on any atom is 4.00 e. The Hall–Kier alpha value is -0.0205. The Morgan fingerprint density at radius 1 is 0.444 bits per heavy atom. The van der Waals surface area contributed by atoms with Crippen LogP contribution >= 0.6 is 0 Å². The molecule has 15 nitrogen and oxygen atoms in total. The van der Waals surface area contributed by atoms with E-state index >= 15 is 0 Å². The Bertz CT molecular complexity index is 211. The summed E-state index contributed by atoms with van der Waals surface area (Å²) in [6.07, 6.45) is 0. The molecule has 0 fully saturated rings. The summed E-state index contributed by atoms with van der Waals surface area (Å²) in [6.45, 7) is 0. The molecule has 18 heteroatoms. The van der Waals surface area contributed by atoms with Crippen LogP contribution in [0.4, 0.5) is 0 Å². The van der Waals surface area contributed by atoms with Crippen LogP contribution in [0, 0.1) is 0 Å². The van der Waals surface area contributed by atoms with E-state index < -0.39 is 20.8 Å². The minimum atomic E-state index is -5.17. The summed E-state index contributed by atoms with van der Waals surface area (Å²) in [7, 11) is -10.3. The molecule has 0 aromatic rings. The first-order valence-corrected chi connectivity index (χ1v) is 4.00. The second-order valence-electron chi connectivity index (χ2n) is 0.816. The molecule has 0 spiro atoms. The minimum absolute atomic E-state index is 0. The molecular weight excluding hydrogens is 359 g/mol. The van der Waals surface area contributed by atoms with E-state index in [1.165, 1.54) is 0 Å². The van der Waals surface area contributed by atoms with Gasteiger partial charge in [0.15, 0.2) is 0 Å². The molecule has 0 unspecified atom stereocenters. The quantitative estimate of drug-likeness (QED) is 0.222. The van der Waals surface area contributed by atoms with Crippen LogP contribution in [0.25, 0.3) is 0 Å². The van der Waals surface area contributed by atoms with E-state index in [2.05, 4.69) is 0 Å². The maximum absolute atomic E-state index is 8.52. The average molecular weight is 373 g/mol. The molecule has 0 amide bonds. The summed E-state index contributed by atoms with van der Waals surface area (Å²) in [4.78, 5) is 0. The summed E-state index contributed by atoms with van der Waals surface area (Å²) in [6, 6.07) is 0. The largest absolute Gasteiger partial charge is 4.00 e. The van der Waals surface area contributed by atoms with Crippen LogP contribution in [0.5, 0.6) is 0 Å². The van der Waals surface area contributed by atoms with E-state index in [0.29, 0.717) is 0 Å². The third-order valence-corrected chi connectivity index (χ3v) is 0. The zero-order valence-corrected chi connectivity index (χ0v) is 10.8. The van der Waals surface area contributed by atoms with Gasteiger partial charge in [-0.3, -0.25) is 16.8 Å². The number of hydrogen-bond donors (Lipinski definition) is 0. The minimum Gasteiger partial charge on any atom is -0.759 e. The van der Waals surface area contributed by atoms with Crippen LogP contribution in [-0.2, 0) is 37.9 Å². The van der Waals surface area contributed by atoms with Crippen molar-refractivity contribution < 1.29 is 90.4 Å².